The predicted octanol–water partition coefficient (Wildman–Crippen LogP) is 4.53. The van der Waals surface area contributed by atoms with Crippen LogP contribution in [0.5, 0.6) is 17.2 Å². The molecule has 2 heteroatoms. The van der Waals surface area contributed by atoms with E-state index in [0.29, 0.717) is 0 Å². The van der Waals surface area contributed by atoms with Gasteiger partial charge in [-0.1, -0.05) is 45.1 Å². The van der Waals surface area contributed by atoms with E-state index in [1.165, 1.54) is 32.1 Å². The van der Waals surface area contributed by atoms with Gasteiger partial charge in [0.05, 0.1) is 6.61 Å². The number of ether oxygens (including phenoxy) is 2. The van der Waals surface area contributed by atoms with E-state index in [1.54, 1.807) is 0 Å². The molecule has 0 aromatic heterocycles. The van der Waals surface area contributed by atoms with Crippen molar-refractivity contribution < 1.29 is 9.47 Å². The Bertz CT molecular complexity index is 334. The number of rotatable bonds is 8. The van der Waals surface area contributed by atoms with Crippen LogP contribution in [-0.4, -0.2) is 6.61 Å². The first-order chi connectivity index (χ1) is 7.92. The highest BCUT2D eigenvalue weighted by Gasteiger charge is 2.24. The Hall–Kier alpha value is -1.18. The van der Waals surface area contributed by atoms with Crippen molar-refractivity contribution in [3.05, 3.63) is 18.2 Å². The molecule has 2 rings (SSSR count). The first-order valence-electron chi connectivity index (χ1n) is 6.35. The molecular formula is C14H20O2. The van der Waals surface area contributed by atoms with Crippen molar-refractivity contribution in [2.75, 3.05) is 6.61 Å². The highest BCUT2D eigenvalue weighted by Crippen LogP contribution is 2.52. The lowest BCUT2D eigenvalue weighted by Gasteiger charge is -2.04. The number of unbranched alkanes of at least 4 members (excludes halogenated alkanes) is 5. The van der Waals surface area contributed by atoms with Gasteiger partial charge < -0.3 is 9.47 Å². The summed E-state index contributed by atoms with van der Waals surface area (Å²) < 4.78 is 10.9. The van der Waals surface area contributed by atoms with Crippen LogP contribution in [0, 0.1) is 0 Å². The van der Waals surface area contributed by atoms with Crippen LogP contribution in [0.2, 0.25) is 0 Å². The molecule has 2 nitrogen and oxygen atoms in total. The highest BCUT2D eigenvalue weighted by atomic mass is 16.6. The van der Waals surface area contributed by atoms with E-state index >= 15 is 0 Å². The zero-order valence-corrected chi connectivity index (χ0v) is 10.00. The van der Waals surface area contributed by atoms with Crippen LogP contribution in [0.25, 0.3) is 0 Å². The molecule has 0 spiro atoms. The molecule has 0 bridgehead atoms. The van der Waals surface area contributed by atoms with Gasteiger partial charge in [-0.2, -0.15) is 0 Å². The minimum Gasteiger partial charge on any atom is -0.490 e. The number of hydrogen-bond acceptors (Lipinski definition) is 2. The van der Waals surface area contributed by atoms with Gasteiger partial charge in [-0.15, -0.1) is 0 Å². The number of para-hydroxylation sites is 1. The summed E-state index contributed by atoms with van der Waals surface area (Å²) in [4.78, 5) is 0. The molecule has 0 saturated carbocycles. The lowest BCUT2D eigenvalue weighted by Crippen LogP contribution is -1.96. The molecular weight excluding hydrogens is 200 g/mol. The molecule has 88 valence electrons. The van der Waals surface area contributed by atoms with Crippen LogP contribution in [0.15, 0.2) is 18.2 Å². The summed E-state index contributed by atoms with van der Waals surface area (Å²) in [6.07, 6.45) is 7.79. The maximum Gasteiger partial charge on any atom is 0.211 e. The largest absolute Gasteiger partial charge is 0.490 e. The standard InChI is InChI=1S/C14H20O2/c1-2-3-4-5-6-7-11-15-12-9-8-10-13-14(12)16-13/h8-10H,2-7,11H2,1H3. The summed E-state index contributed by atoms with van der Waals surface area (Å²) >= 11 is 0. The Labute approximate surface area is 97.6 Å². The molecule has 0 N–H and O–H groups in total. The van der Waals surface area contributed by atoms with Crippen LogP contribution >= 0.6 is 0 Å². The molecule has 1 aromatic carbocycles. The molecule has 16 heavy (non-hydrogen) atoms. The Kier molecular flexibility index (Phi) is 4.09. The summed E-state index contributed by atoms with van der Waals surface area (Å²) in [5, 5.41) is 0. The van der Waals surface area contributed by atoms with E-state index in [-0.39, 0.29) is 0 Å². The quantitative estimate of drug-likeness (QED) is 0.481. The first-order valence-corrected chi connectivity index (χ1v) is 6.35. The van der Waals surface area contributed by atoms with Crippen molar-refractivity contribution in [3.8, 4) is 17.2 Å². The Morgan fingerprint density at radius 3 is 2.75 bits per heavy atom. The van der Waals surface area contributed by atoms with Crippen molar-refractivity contribution in [1.82, 2.24) is 0 Å². The third-order valence-corrected chi connectivity index (χ3v) is 2.87. The lowest BCUT2D eigenvalue weighted by atomic mass is 10.1. The van der Waals surface area contributed by atoms with Crippen LogP contribution in [0.3, 0.4) is 0 Å². The van der Waals surface area contributed by atoms with E-state index in [9.17, 15) is 0 Å². The molecule has 0 atom stereocenters. The number of benzene rings is 1. The second kappa shape index (κ2) is 5.78. The van der Waals surface area contributed by atoms with Crippen molar-refractivity contribution in [3.63, 3.8) is 0 Å². The van der Waals surface area contributed by atoms with Gasteiger partial charge in [0.1, 0.15) is 0 Å². The summed E-state index contributed by atoms with van der Waals surface area (Å²) in [5.74, 6) is 2.82. The third-order valence-electron chi connectivity index (χ3n) is 2.87. The fourth-order valence-electron chi connectivity index (χ4n) is 1.84. The van der Waals surface area contributed by atoms with Gasteiger partial charge in [-0.25, -0.2) is 0 Å². The number of hydrogen-bond donors (Lipinski definition) is 0. The van der Waals surface area contributed by atoms with Gasteiger partial charge >= 0.3 is 0 Å². The summed E-state index contributed by atoms with van der Waals surface area (Å²) in [6.45, 7) is 3.05. The molecule has 1 heterocycles. The lowest BCUT2D eigenvalue weighted by molar-refractivity contribution is 0.302. The second-order valence-corrected chi connectivity index (χ2v) is 4.30. The highest BCUT2D eigenvalue weighted by molar-refractivity contribution is 5.62. The predicted molar refractivity (Wildman–Crippen MR) is 65.4 cm³/mol. The van der Waals surface area contributed by atoms with Gasteiger partial charge in [-0.3, -0.25) is 0 Å². The fraction of sp³-hybridized carbons (Fsp3) is 0.571. The minimum absolute atomic E-state index is 0.811. The van der Waals surface area contributed by atoms with Gasteiger partial charge in [0.2, 0.25) is 5.75 Å². The Balaban J connectivity index is 1.54. The maximum absolute atomic E-state index is 5.67. The summed E-state index contributed by atoms with van der Waals surface area (Å²) in [6, 6.07) is 5.91. The molecule has 0 saturated heterocycles. The van der Waals surface area contributed by atoms with Crippen molar-refractivity contribution in [2.24, 2.45) is 0 Å². The zero-order valence-electron chi connectivity index (χ0n) is 10.00. The molecule has 0 unspecified atom stereocenters. The van der Waals surface area contributed by atoms with Gasteiger partial charge in [0, 0.05) is 0 Å². The van der Waals surface area contributed by atoms with Crippen LogP contribution in [-0.2, 0) is 0 Å². The normalized spacial score (nSPS) is 11.8. The van der Waals surface area contributed by atoms with Crippen molar-refractivity contribution >= 4 is 0 Å². The molecule has 0 amide bonds. The van der Waals surface area contributed by atoms with Gasteiger partial charge in [0.25, 0.3) is 0 Å². The topological polar surface area (TPSA) is 21.8 Å². The average Bonchev–Trinajstić information content (AvgIpc) is 3.07. The van der Waals surface area contributed by atoms with Crippen LogP contribution in [0.1, 0.15) is 45.4 Å². The van der Waals surface area contributed by atoms with Gasteiger partial charge in [0.15, 0.2) is 11.5 Å². The second-order valence-electron chi connectivity index (χ2n) is 4.30. The van der Waals surface area contributed by atoms with Crippen molar-refractivity contribution in [1.29, 1.82) is 0 Å². The molecule has 0 aliphatic carbocycles. The van der Waals surface area contributed by atoms with E-state index in [2.05, 4.69) is 6.92 Å². The SMILES string of the molecule is CCCCCCCCOc1cccc2c1O2. The third kappa shape index (κ3) is 3.16. The van der Waals surface area contributed by atoms with E-state index < -0.39 is 0 Å². The minimum atomic E-state index is 0.811. The van der Waals surface area contributed by atoms with Crippen LogP contribution < -0.4 is 9.47 Å². The molecule has 1 aromatic rings. The Morgan fingerprint density at radius 1 is 1.06 bits per heavy atom. The molecule has 1 aliphatic heterocycles. The first kappa shape index (κ1) is 11.3. The molecule has 1 aliphatic rings. The van der Waals surface area contributed by atoms with E-state index in [0.717, 1.165) is 30.3 Å². The summed E-state index contributed by atoms with van der Waals surface area (Å²) in [5.41, 5.74) is 0. The smallest absolute Gasteiger partial charge is 0.211 e. The number of fused-ring (bicyclic) bond motifs is 1. The monoisotopic (exact) mass is 220 g/mol. The maximum atomic E-state index is 5.67. The average molecular weight is 220 g/mol. The zero-order chi connectivity index (χ0) is 11.2. The van der Waals surface area contributed by atoms with E-state index in [4.69, 9.17) is 9.47 Å². The van der Waals surface area contributed by atoms with Gasteiger partial charge in [-0.05, 0) is 18.6 Å². The molecule has 0 radical (unpaired) electrons. The fourth-order valence-corrected chi connectivity index (χ4v) is 1.84. The van der Waals surface area contributed by atoms with Crippen molar-refractivity contribution in [2.45, 2.75) is 45.4 Å². The van der Waals surface area contributed by atoms with Crippen LogP contribution in [0.4, 0.5) is 0 Å². The van der Waals surface area contributed by atoms with E-state index in [1.807, 2.05) is 18.2 Å². The Morgan fingerprint density at radius 2 is 1.88 bits per heavy atom. The molecule has 0 fully saturated rings. The summed E-state index contributed by atoms with van der Waals surface area (Å²) in [7, 11) is 0.